The smallest absolute Gasteiger partial charge is 0.226 e. The maximum Gasteiger partial charge on any atom is 0.226 e. The average molecular weight is 200 g/mol. The van der Waals surface area contributed by atoms with Gasteiger partial charge in [0.05, 0.1) is 0 Å². The van der Waals surface area contributed by atoms with Gasteiger partial charge in [0.2, 0.25) is 11.0 Å². The lowest BCUT2D eigenvalue weighted by atomic mass is 10.1. The molecule has 72 valence electrons. The molecule has 0 aliphatic rings. The number of aromatic nitrogens is 2. The molecular weight excluding hydrogens is 188 g/mol. The number of anilines is 1. The summed E-state index contributed by atoms with van der Waals surface area (Å²) in [5.74, 6) is 0.141. The Morgan fingerprint density at radius 2 is 2.62 bits per heavy atom. The van der Waals surface area contributed by atoms with Gasteiger partial charge in [0.1, 0.15) is 5.51 Å². The molecule has 13 heavy (non-hydrogen) atoms. The van der Waals surface area contributed by atoms with Crippen LogP contribution in [0.1, 0.15) is 13.3 Å². The quantitative estimate of drug-likeness (QED) is 0.740. The maximum atomic E-state index is 11.3. The number of hydrogen-bond donors (Lipinski definition) is 2. The van der Waals surface area contributed by atoms with Crippen LogP contribution in [0.4, 0.5) is 5.13 Å². The van der Waals surface area contributed by atoms with Crippen molar-refractivity contribution in [3.8, 4) is 0 Å². The first-order valence-electron chi connectivity index (χ1n) is 3.98. The van der Waals surface area contributed by atoms with E-state index in [0.717, 1.165) is 0 Å². The van der Waals surface area contributed by atoms with Gasteiger partial charge >= 0.3 is 0 Å². The molecule has 0 saturated carbocycles. The molecule has 0 radical (unpaired) electrons. The molecule has 3 N–H and O–H groups in total. The van der Waals surface area contributed by atoms with Crippen LogP contribution in [-0.4, -0.2) is 22.6 Å². The van der Waals surface area contributed by atoms with Crippen molar-refractivity contribution < 1.29 is 4.79 Å². The van der Waals surface area contributed by atoms with E-state index in [9.17, 15) is 4.79 Å². The summed E-state index contributed by atoms with van der Waals surface area (Å²) in [6, 6.07) is 0. The van der Waals surface area contributed by atoms with Crippen molar-refractivity contribution in [1.29, 1.82) is 0 Å². The van der Waals surface area contributed by atoms with Crippen LogP contribution in [0, 0.1) is 5.92 Å². The summed E-state index contributed by atoms with van der Waals surface area (Å²) in [7, 11) is 0. The summed E-state index contributed by atoms with van der Waals surface area (Å²) in [5.41, 5.74) is 6.96. The molecule has 6 heteroatoms. The number of nitrogens with zero attached hydrogens (tertiary/aromatic N) is 2. The van der Waals surface area contributed by atoms with Crippen LogP contribution in [0.15, 0.2) is 5.51 Å². The van der Waals surface area contributed by atoms with Crippen molar-refractivity contribution in [1.82, 2.24) is 10.2 Å². The van der Waals surface area contributed by atoms with E-state index in [1.807, 2.05) is 6.92 Å². The number of carbonyl (C=O) groups excluding carboxylic acids is 1. The van der Waals surface area contributed by atoms with Crippen molar-refractivity contribution >= 4 is 22.4 Å². The number of amides is 1. The van der Waals surface area contributed by atoms with Gasteiger partial charge < -0.3 is 11.1 Å². The monoisotopic (exact) mass is 200 g/mol. The van der Waals surface area contributed by atoms with Gasteiger partial charge in [-0.2, -0.15) is 0 Å². The Morgan fingerprint density at radius 3 is 3.15 bits per heavy atom. The molecule has 0 aliphatic carbocycles. The van der Waals surface area contributed by atoms with Crippen LogP contribution >= 0.6 is 11.3 Å². The van der Waals surface area contributed by atoms with Gasteiger partial charge in [-0.15, -0.1) is 10.2 Å². The highest BCUT2D eigenvalue weighted by atomic mass is 32.1. The zero-order valence-electron chi connectivity index (χ0n) is 7.36. The van der Waals surface area contributed by atoms with Gasteiger partial charge in [-0.05, 0) is 12.5 Å². The second-order valence-electron chi connectivity index (χ2n) is 2.84. The highest BCUT2D eigenvalue weighted by Crippen LogP contribution is 2.09. The second kappa shape index (κ2) is 4.88. The summed E-state index contributed by atoms with van der Waals surface area (Å²) >= 11 is 1.30. The predicted molar refractivity (Wildman–Crippen MR) is 51.4 cm³/mol. The zero-order valence-corrected chi connectivity index (χ0v) is 8.17. The van der Waals surface area contributed by atoms with Crippen LogP contribution in [0.3, 0.4) is 0 Å². The lowest BCUT2D eigenvalue weighted by molar-refractivity contribution is -0.116. The molecule has 1 atom stereocenters. The second-order valence-corrected chi connectivity index (χ2v) is 3.67. The Bertz CT molecular complexity index is 261. The maximum absolute atomic E-state index is 11.3. The fourth-order valence-electron chi connectivity index (χ4n) is 0.798. The van der Waals surface area contributed by atoms with Gasteiger partial charge in [-0.3, -0.25) is 4.79 Å². The normalized spacial score (nSPS) is 12.5. The topological polar surface area (TPSA) is 80.9 Å². The fraction of sp³-hybridized carbons (Fsp3) is 0.571. The van der Waals surface area contributed by atoms with E-state index in [0.29, 0.717) is 18.1 Å². The van der Waals surface area contributed by atoms with Crippen LogP contribution in [0.5, 0.6) is 0 Å². The molecule has 5 nitrogen and oxygen atoms in total. The Balaban J connectivity index is 2.34. The van der Waals surface area contributed by atoms with Gasteiger partial charge in [0.15, 0.2) is 0 Å². The number of hydrogen-bond acceptors (Lipinski definition) is 5. The minimum absolute atomic E-state index is 0.0605. The van der Waals surface area contributed by atoms with E-state index >= 15 is 0 Å². The molecule has 1 heterocycles. The number of rotatable bonds is 4. The first-order valence-corrected chi connectivity index (χ1v) is 4.86. The van der Waals surface area contributed by atoms with Gasteiger partial charge in [-0.25, -0.2) is 0 Å². The van der Waals surface area contributed by atoms with E-state index in [-0.39, 0.29) is 11.8 Å². The molecule has 1 rings (SSSR count). The molecule has 1 aromatic rings. The highest BCUT2D eigenvalue weighted by molar-refractivity contribution is 7.13. The summed E-state index contributed by atoms with van der Waals surface area (Å²) in [4.78, 5) is 11.3. The number of nitrogens with two attached hydrogens (primary N) is 1. The number of nitrogens with one attached hydrogen (secondary N) is 1. The molecule has 1 unspecified atom stereocenters. The summed E-state index contributed by atoms with van der Waals surface area (Å²) in [5, 5.41) is 10.5. The molecule has 1 aromatic heterocycles. The molecule has 0 bridgehead atoms. The third-order valence-corrected chi connectivity index (χ3v) is 2.15. The van der Waals surface area contributed by atoms with Crippen LogP contribution in [-0.2, 0) is 4.79 Å². The van der Waals surface area contributed by atoms with Crippen molar-refractivity contribution in [2.24, 2.45) is 11.7 Å². The molecule has 1 amide bonds. The van der Waals surface area contributed by atoms with Gasteiger partial charge in [0, 0.05) is 6.42 Å². The Hall–Kier alpha value is -1.01. The SMILES string of the molecule is CC(CN)CC(=O)Nc1nncs1. The largest absolute Gasteiger partial charge is 0.330 e. The average Bonchev–Trinajstić information content (AvgIpc) is 2.56. The third kappa shape index (κ3) is 3.47. The van der Waals surface area contributed by atoms with E-state index in [4.69, 9.17) is 5.73 Å². The third-order valence-electron chi connectivity index (χ3n) is 1.54. The van der Waals surface area contributed by atoms with Crippen LogP contribution in [0.2, 0.25) is 0 Å². The number of carbonyl (C=O) groups is 1. The summed E-state index contributed by atoms with van der Waals surface area (Å²) in [6.45, 7) is 2.45. The van der Waals surface area contributed by atoms with E-state index in [2.05, 4.69) is 15.5 Å². The first kappa shape index (κ1) is 10.1. The minimum atomic E-state index is -0.0605. The minimum Gasteiger partial charge on any atom is -0.330 e. The Labute approximate surface area is 80.4 Å². The molecule has 0 aliphatic heterocycles. The lowest BCUT2D eigenvalue weighted by Gasteiger charge is -2.06. The van der Waals surface area contributed by atoms with Crippen molar-refractivity contribution in [2.45, 2.75) is 13.3 Å². The van der Waals surface area contributed by atoms with E-state index in [1.54, 1.807) is 5.51 Å². The zero-order chi connectivity index (χ0) is 9.68. The molecular formula is C7H12N4OS. The van der Waals surface area contributed by atoms with Crippen LogP contribution < -0.4 is 11.1 Å². The van der Waals surface area contributed by atoms with Crippen molar-refractivity contribution in [2.75, 3.05) is 11.9 Å². The van der Waals surface area contributed by atoms with E-state index in [1.165, 1.54) is 11.3 Å². The predicted octanol–water partition coefficient (Wildman–Crippen LogP) is 0.461. The standard InChI is InChI=1S/C7H12N4OS/c1-5(3-8)2-6(12)10-7-11-9-4-13-7/h4-5H,2-3,8H2,1H3,(H,10,11,12). The van der Waals surface area contributed by atoms with Crippen molar-refractivity contribution in [3.63, 3.8) is 0 Å². The lowest BCUT2D eigenvalue weighted by Crippen LogP contribution is -2.19. The molecule has 0 spiro atoms. The Kier molecular flexibility index (Phi) is 3.78. The van der Waals surface area contributed by atoms with Gasteiger partial charge in [-0.1, -0.05) is 18.3 Å². The fourth-order valence-corrected chi connectivity index (χ4v) is 1.26. The van der Waals surface area contributed by atoms with Crippen molar-refractivity contribution in [3.05, 3.63) is 5.51 Å². The molecule has 0 saturated heterocycles. The summed E-state index contributed by atoms with van der Waals surface area (Å²) < 4.78 is 0. The first-order chi connectivity index (χ1) is 6.22. The van der Waals surface area contributed by atoms with E-state index < -0.39 is 0 Å². The summed E-state index contributed by atoms with van der Waals surface area (Å²) in [6.07, 6.45) is 0.427. The molecule has 0 aromatic carbocycles. The van der Waals surface area contributed by atoms with Gasteiger partial charge in [0.25, 0.3) is 0 Å². The highest BCUT2D eigenvalue weighted by Gasteiger charge is 2.08. The Morgan fingerprint density at radius 1 is 1.85 bits per heavy atom. The molecule has 0 fully saturated rings. The van der Waals surface area contributed by atoms with Crippen LogP contribution in [0.25, 0.3) is 0 Å².